The molecule has 1 unspecified atom stereocenters. The van der Waals surface area contributed by atoms with Gasteiger partial charge in [-0.1, -0.05) is 78.9 Å². The van der Waals surface area contributed by atoms with Crippen molar-refractivity contribution < 1.29 is 31.7 Å². The molecule has 40 heavy (non-hydrogen) atoms. The minimum absolute atomic E-state index is 0.0267. The largest absolute Gasteiger partial charge is 0.468 e. The molecule has 1 aliphatic carbocycles. The standard InChI is InChI=1S/C31H27NO7S/c1-37-30(33)28(21-15-17-22(18-16-21)39-40(35,36)23-9-3-2-4-10-23)19-32-31(34)38-20-29-26-13-7-5-11-24(26)25-12-6-8-14-27(25)29/h2-18,28-29H,19-20H2,1H3,(H,32,34). The first-order valence-corrected chi connectivity index (χ1v) is 14.0. The number of fused-ring (bicyclic) bond motifs is 3. The molecule has 1 atom stereocenters. The van der Waals surface area contributed by atoms with E-state index < -0.39 is 28.1 Å². The van der Waals surface area contributed by atoms with E-state index >= 15 is 0 Å². The van der Waals surface area contributed by atoms with Crippen LogP contribution in [-0.2, 0) is 24.4 Å². The van der Waals surface area contributed by atoms with Crippen LogP contribution in [0.4, 0.5) is 4.79 Å². The third-order valence-electron chi connectivity index (χ3n) is 6.80. The molecule has 0 saturated heterocycles. The molecule has 1 amide bonds. The van der Waals surface area contributed by atoms with Crippen molar-refractivity contribution in [1.29, 1.82) is 0 Å². The Labute approximate surface area is 232 Å². The molecule has 4 aromatic rings. The van der Waals surface area contributed by atoms with E-state index in [2.05, 4.69) is 17.4 Å². The number of hydrogen-bond donors (Lipinski definition) is 1. The van der Waals surface area contributed by atoms with Gasteiger partial charge in [-0.05, 0) is 52.1 Å². The molecule has 1 aliphatic rings. The Hall–Kier alpha value is -4.63. The number of amides is 1. The van der Waals surface area contributed by atoms with Crippen LogP contribution in [0.25, 0.3) is 11.1 Å². The van der Waals surface area contributed by atoms with Crippen molar-refractivity contribution in [2.75, 3.05) is 20.3 Å². The van der Waals surface area contributed by atoms with Gasteiger partial charge in [-0.25, -0.2) is 4.79 Å². The summed E-state index contributed by atoms with van der Waals surface area (Å²) < 4.78 is 40.7. The fourth-order valence-electron chi connectivity index (χ4n) is 4.83. The highest BCUT2D eigenvalue weighted by Gasteiger charge is 2.29. The Morgan fingerprint density at radius 1 is 0.800 bits per heavy atom. The SMILES string of the molecule is COC(=O)C(CNC(=O)OCC1c2ccccc2-c2ccccc21)c1ccc(OS(=O)(=O)c2ccccc2)cc1. The van der Waals surface area contributed by atoms with Gasteiger partial charge in [0, 0.05) is 12.5 Å². The number of alkyl carbamates (subject to hydrolysis) is 1. The first-order chi connectivity index (χ1) is 19.4. The number of carbonyl (C=O) groups excluding carboxylic acids is 2. The number of carbonyl (C=O) groups is 2. The van der Waals surface area contributed by atoms with Crippen molar-refractivity contribution in [1.82, 2.24) is 5.32 Å². The van der Waals surface area contributed by atoms with Gasteiger partial charge in [-0.15, -0.1) is 0 Å². The van der Waals surface area contributed by atoms with Crippen molar-refractivity contribution in [3.05, 3.63) is 120 Å². The van der Waals surface area contributed by atoms with E-state index in [1.54, 1.807) is 30.3 Å². The van der Waals surface area contributed by atoms with Crippen LogP contribution in [0, 0.1) is 0 Å². The first-order valence-electron chi connectivity index (χ1n) is 12.6. The average molecular weight is 558 g/mol. The Kier molecular flexibility index (Phi) is 7.84. The summed E-state index contributed by atoms with van der Waals surface area (Å²) in [5.41, 5.74) is 4.96. The van der Waals surface area contributed by atoms with Crippen LogP contribution >= 0.6 is 0 Å². The van der Waals surface area contributed by atoms with Gasteiger partial charge in [0.15, 0.2) is 0 Å². The third-order valence-corrected chi connectivity index (χ3v) is 8.06. The second kappa shape index (κ2) is 11.6. The van der Waals surface area contributed by atoms with Crippen molar-refractivity contribution in [2.24, 2.45) is 0 Å². The maximum absolute atomic E-state index is 12.6. The van der Waals surface area contributed by atoms with Crippen LogP contribution in [-0.4, -0.2) is 40.7 Å². The van der Waals surface area contributed by atoms with Gasteiger partial charge < -0.3 is 19.0 Å². The number of benzene rings is 4. The van der Waals surface area contributed by atoms with Gasteiger partial charge >= 0.3 is 22.2 Å². The second-order valence-electron chi connectivity index (χ2n) is 9.20. The van der Waals surface area contributed by atoms with Crippen LogP contribution < -0.4 is 9.50 Å². The third kappa shape index (κ3) is 5.69. The van der Waals surface area contributed by atoms with Gasteiger partial charge in [0.25, 0.3) is 0 Å². The molecule has 0 aliphatic heterocycles. The van der Waals surface area contributed by atoms with E-state index in [0.29, 0.717) is 5.56 Å². The minimum atomic E-state index is -4.00. The quantitative estimate of drug-likeness (QED) is 0.221. The number of esters is 1. The zero-order valence-corrected chi connectivity index (χ0v) is 22.5. The molecule has 0 aromatic heterocycles. The van der Waals surface area contributed by atoms with Gasteiger partial charge in [-0.2, -0.15) is 8.42 Å². The van der Waals surface area contributed by atoms with Gasteiger partial charge in [0.2, 0.25) is 0 Å². The monoisotopic (exact) mass is 557 g/mol. The molecule has 0 heterocycles. The highest BCUT2D eigenvalue weighted by Crippen LogP contribution is 2.44. The molecule has 0 saturated carbocycles. The topological polar surface area (TPSA) is 108 Å². The van der Waals surface area contributed by atoms with Crippen molar-refractivity contribution in [3.8, 4) is 16.9 Å². The Morgan fingerprint density at radius 3 is 1.98 bits per heavy atom. The van der Waals surface area contributed by atoms with Gasteiger partial charge in [0.1, 0.15) is 17.3 Å². The summed E-state index contributed by atoms with van der Waals surface area (Å²) in [6.07, 6.45) is -0.662. The minimum Gasteiger partial charge on any atom is -0.468 e. The molecule has 4 aromatic carbocycles. The zero-order chi connectivity index (χ0) is 28.1. The fourth-order valence-corrected chi connectivity index (χ4v) is 5.78. The molecule has 8 nitrogen and oxygen atoms in total. The lowest BCUT2D eigenvalue weighted by Gasteiger charge is -2.18. The first kappa shape index (κ1) is 27.0. The number of methoxy groups -OCH3 is 1. The Morgan fingerprint density at radius 2 is 1.38 bits per heavy atom. The van der Waals surface area contributed by atoms with Crippen LogP contribution in [0.1, 0.15) is 28.5 Å². The Balaban J connectivity index is 1.22. The molecular weight excluding hydrogens is 530 g/mol. The predicted molar refractivity (Wildman–Crippen MR) is 149 cm³/mol. The highest BCUT2D eigenvalue weighted by molar-refractivity contribution is 7.87. The molecule has 204 valence electrons. The van der Waals surface area contributed by atoms with Crippen molar-refractivity contribution in [2.45, 2.75) is 16.7 Å². The number of hydrogen-bond acceptors (Lipinski definition) is 7. The molecular formula is C31H27NO7S. The van der Waals surface area contributed by atoms with Gasteiger partial charge in [0.05, 0.1) is 13.0 Å². The number of rotatable bonds is 9. The van der Waals surface area contributed by atoms with E-state index in [1.165, 1.54) is 31.4 Å². The van der Waals surface area contributed by atoms with Crippen LogP contribution in [0.2, 0.25) is 0 Å². The average Bonchev–Trinajstić information content (AvgIpc) is 3.30. The summed E-state index contributed by atoms with van der Waals surface area (Å²) in [7, 11) is -2.75. The lowest BCUT2D eigenvalue weighted by molar-refractivity contribution is -0.142. The van der Waals surface area contributed by atoms with E-state index in [1.807, 2.05) is 36.4 Å². The number of nitrogens with one attached hydrogen (secondary N) is 1. The molecule has 0 fully saturated rings. The second-order valence-corrected chi connectivity index (χ2v) is 10.7. The molecule has 0 spiro atoms. The van der Waals surface area contributed by atoms with Crippen LogP contribution in [0.15, 0.2) is 108 Å². The molecule has 9 heteroatoms. The summed E-state index contributed by atoms with van der Waals surface area (Å²) in [5.74, 6) is -1.41. The lowest BCUT2D eigenvalue weighted by Crippen LogP contribution is -2.33. The van der Waals surface area contributed by atoms with E-state index in [4.69, 9.17) is 13.7 Å². The molecule has 1 N–H and O–H groups in total. The fraction of sp³-hybridized carbons (Fsp3) is 0.161. The summed E-state index contributed by atoms with van der Waals surface area (Å²) in [6, 6.07) is 29.9. The normalized spacial score (nSPS) is 13.0. The van der Waals surface area contributed by atoms with E-state index in [-0.39, 0.29) is 29.7 Å². The van der Waals surface area contributed by atoms with Gasteiger partial charge in [-0.3, -0.25) is 4.79 Å². The van der Waals surface area contributed by atoms with Crippen LogP contribution in [0.5, 0.6) is 5.75 Å². The predicted octanol–water partition coefficient (Wildman–Crippen LogP) is 5.25. The Bertz CT molecular complexity index is 1570. The molecule has 5 rings (SSSR count). The summed E-state index contributed by atoms with van der Waals surface area (Å²) in [5, 5.41) is 2.65. The maximum atomic E-state index is 12.6. The molecule has 0 bridgehead atoms. The lowest BCUT2D eigenvalue weighted by atomic mass is 9.98. The van der Waals surface area contributed by atoms with Crippen LogP contribution in [0.3, 0.4) is 0 Å². The maximum Gasteiger partial charge on any atom is 0.407 e. The number of ether oxygens (including phenoxy) is 2. The smallest absolute Gasteiger partial charge is 0.407 e. The van der Waals surface area contributed by atoms with E-state index in [0.717, 1.165) is 22.3 Å². The van der Waals surface area contributed by atoms with Crippen molar-refractivity contribution in [3.63, 3.8) is 0 Å². The summed E-state index contributed by atoms with van der Waals surface area (Å²) in [4.78, 5) is 25.2. The summed E-state index contributed by atoms with van der Waals surface area (Å²) in [6.45, 7) is 0.0660. The molecule has 0 radical (unpaired) electrons. The zero-order valence-electron chi connectivity index (χ0n) is 21.6. The van der Waals surface area contributed by atoms with E-state index in [9.17, 15) is 18.0 Å². The summed E-state index contributed by atoms with van der Waals surface area (Å²) >= 11 is 0. The highest BCUT2D eigenvalue weighted by atomic mass is 32.2. The van der Waals surface area contributed by atoms with Crippen molar-refractivity contribution >= 4 is 22.2 Å².